The molecule has 5 nitrogen and oxygen atoms in total. The molecule has 0 unspecified atom stereocenters. The van der Waals surface area contributed by atoms with Gasteiger partial charge < -0.3 is 5.32 Å². The van der Waals surface area contributed by atoms with Crippen LogP contribution in [0.25, 0.3) is 16.7 Å². The molecule has 0 spiro atoms. The highest BCUT2D eigenvalue weighted by atomic mass is 19.4. The lowest BCUT2D eigenvalue weighted by Gasteiger charge is -2.10. The topological polar surface area (TPSA) is 55.6 Å². The summed E-state index contributed by atoms with van der Waals surface area (Å²) in [6, 6.07) is 12.7. The van der Waals surface area contributed by atoms with Gasteiger partial charge in [0.15, 0.2) is 5.65 Å². The molecule has 0 bridgehead atoms. The number of aryl methyl sites for hydroxylation is 1. The lowest BCUT2D eigenvalue weighted by molar-refractivity contribution is -0.137. The molecule has 0 saturated heterocycles. The number of halogens is 3. The van der Waals surface area contributed by atoms with Gasteiger partial charge in [0, 0.05) is 5.69 Å². The van der Waals surface area contributed by atoms with E-state index in [1.807, 2.05) is 31.2 Å². The molecule has 0 saturated carbocycles. The van der Waals surface area contributed by atoms with Gasteiger partial charge in [-0.3, -0.25) is 0 Å². The lowest BCUT2D eigenvalue weighted by Crippen LogP contribution is -2.05. The molecule has 0 atom stereocenters. The van der Waals surface area contributed by atoms with E-state index in [0.717, 1.165) is 23.4 Å². The molecule has 0 amide bonds. The Hall–Kier alpha value is -3.42. The van der Waals surface area contributed by atoms with Crippen LogP contribution in [-0.4, -0.2) is 19.7 Å². The van der Waals surface area contributed by atoms with Gasteiger partial charge in [0.2, 0.25) is 0 Å². The predicted octanol–water partition coefficient (Wildman–Crippen LogP) is 4.89. The molecule has 0 radical (unpaired) electrons. The molecule has 0 aliphatic heterocycles. The van der Waals surface area contributed by atoms with Crippen LogP contribution in [-0.2, 0) is 6.18 Å². The molecule has 0 aliphatic carbocycles. The smallest absolute Gasteiger partial charge is 0.340 e. The molecule has 4 rings (SSSR count). The van der Waals surface area contributed by atoms with E-state index in [4.69, 9.17) is 0 Å². The van der Waals surface area contributed by atoms with Crippen molar-refractivity contribution in [1.82, 2.24) is 19.7 Å². The number of nitrogens with zero attached hydrogens (tertiary/aromatic N) is 4. The summed E-state index contributed by atoms with van der Waals surface area (Å²) in [5, 5.41) is 7.88. The van der Waals surface area contributed by atoms with Crippen LogP contribution >= 0.6 is 0 Å². The van der Waals surface area contributed by atoms with Gasteiger partial charge in [-0.1, -0.05) is 23.8 Å². The Morgan fingerprint density at radius 1 is 1.00 bits per heavy atom. The van der Waals surface area contributed by atoms with Crippen LogP contribution in [0.3, 0.4) is 0 Å². The fraction of sp³-hybridized carbons (Fsp3) is 0.105. The molecule has 0 fully saturated rings. The first-order valence-electron chi connectivity index (χ1n) is 8.12. The number of nitrogens with one attached hydrogen (secondary N) is 1. The van der Waals surface area contributed by atoms with Gasteiger partial charge in [-0.25, -0.2) is 14.6 Å². The summed E-state index contributed by atoms with van der Waals surface area (Å²) in [6.07, 6.45) is -1.47. The minimum Gasteiger partial charge on any atom is -0.340 e. The Kier molecular flexibility index (Phi) is 4.02. The van der Waals surface area contributed by atoms with Crippen LogP contribution in [0.2, 0.25) is 0 Å². The van der Waals surface area contributed by atoms with Gasteiger partial charge in [-0.2, -0.15) is 18.3 Å². The Balaban J connectivity index is 1.73. The molecule has 136 valence electrons. The molecule has 0 aliphatic rings. The van der Waals surface area contributed by atoms with Crippen molar-refractivity contribution in [3.05, 3.63) is 72.2 Å². The second-order valence-corrected chi connectivity index (χ2v) is 6.06. The van der Waals surface area contributed by atoms with Crippen molar-refractivity contribution in [3.63, 3.8) is 0 Å². The quantitative estimate of drug-likeness (QED) is 0.559. The minimum atomic E-state index is -4.41. The first-order chi connectivity index (χ1) is 12.9. The largest absolute Gasteiger partial charge is 0.416 e. The molecule has 2 aromatic carbocycles. The van der Waals surface area contributed by atoms with Crippen LogP contribution in [0.1, 0.15) is 11.1 Å². The summed E-state index contributed by atoms with van der Waals surface area (Å²) < 4.78 is 40.4. The number of benzene rings is 2. The number of hydrogen-bond donors (Lipinski definition) is 1. The van der Waals surface area contributed by atoms with E-state index >= 15 is 0 Å². The van der Waals surface area contributed by atoms with Gasteiger partial charge in [0.1, 0.15) is 12.1 Å². The zero-order valence-corrected chi connectivity index (χ0v) is 14.2. The average Bonchev–Trinajstić information content (AvgIpc) is 3.07. The monoisotopic (exact) mass is 369 g/mol. The van der Waals surface area contributed by atoms with Gasteiger partial charge in [-0.15, -0.1) is 0 Å². The maximum Gasteiger partial charge on any atom is 0.416 e. The summed E-state index contributed by atoms with van der Waals surface area (Å²) in [5.74, 6) is 0.387. The molecule has 2 aromatic heterocycles. The lowest BCUT2D eigenvalue weighted by atomic mass is 10.2. The van der Waals surface area contributed by atoms with E-state index in [2.05, 4.69) is 20.4 Å². The van der Waals surface area contributed by atoms with Gasteiger partial charge in [-0.05, 0) is 37.3 Å². The third kappa shape index (κ3) is 3.33. The maximum atomic E-state index is 12.9. The van der Waals surface area contributed by atoms with Crippen molar-refractivity contribution in [3.8, 4) is 5.69 Å². The maximum absolute atomic E-state index is 12.9. The Morgan fingerprint density at radius 2 is 1.78 bits per heavy atom. The highest BCUT2D eigenvalue weighted by Crippen LogP contribution is 2.32. The number of alkyl halides is 3. The van der Waals surface area contributed by atoms with E-state index in [0.29, 0.717) is 16.9 Å². The number of rotatable bonds is 3. The predicted molar refractivity (Wildman–Crippen MR) is 96.1 cm³/mol. The summed E-state index contributed by atoms with van der Waals surface area (Å²) in [4.78, 5) is 8.43. The van der Waals surface area contributed by atoms with Crippen LogP contribution in [0.4, 0.5) is 24.7 Å². The van der Waals surface area contributed by atoms with Crippen LogP contribution < -0.4 is 5.32 Å². The van der Waals surface area contributed by atoms with E-state index in [-0.39, 0.29) is 5.69 Å². The number of hydrogen-bond acceptors (Lipinski definition) is 4. The van der Waals surface area contributed by atoms with Gasteiger partial charge >= 0.3 is 6.18 Å². The highest BCUT2D eigenvalue weighted by molar-refractivity contribution is 5.89. The average molecular weight is 369 g/mol. The molecular weight excluding hydrogens is 355 g/mol. The van der Waals surface area contributed by atoms with Crippen molar-refractivity contribution in [2.75, 3.05) is 5.32 Å². The van der Waals surface area contributed by atoms with E-state index < -0.39 is 11.7 Å². The molecule has 2 heterocycles. The summed E-state index contributed by atoms with van der Waals surface area (Å²) in [5.41, 5.74) is 2.07. The van der Waals surface area contributed by atoms with Gasteiger partial charge in [0.05, 0.1) is 22.8 Å². The number of fused-ring (bicyclic) bond motifs is 1. The van der Waals surface area contributed by atoms with Crippen LogP contribution in [0, 0.1) is 6.92 Å². The Bertz CT molecular complexity index is 1100. The zero-order valence-electron chi connectivity index (χ0n) is 14.2. The molecular formula is C19H14F3N5. The summed E-state index contributed by atoms with van der Waals surface area (Å²) >= 11 is 0. The number of anilines is 2. The van der Waals surface area contributed by atoms with Gasteiger partial charge in [0.25, 0.3) is 0 Å². The normalized spacial score (nSPS) is 11.7. The Morgan fingerprint density at radius 3 is 2.52 bits per heavy atom. The fourth-order valence-corrected chi connectivity index (χ4v) is 2.73. The first kappa shape index (κ1) is 17.0. The first-order valence-corrected chi connectivity index (χ1v) is 8.12. The Labute approximate surface area is 152 Å². The molecule has 1 N–H and O–H groups in total. The standard InChI is InChI=1S/C19H14F3N5/c1-12-5-7-15(8-6-12)27-18-16(10-25-27)17(23-11-24-18)26-14-4-2-3-13(9-14)19(20,21)22/h2-11H,1H3,(H,23,24,26). The van der Waals surface area contributed by atoms with Crippen molar-refractivity contribution in [2.45, 2.75) is 13.1 Å². The molecule has 27 heavy (non-hydrogen) atoms. The SMILES string of the molecule is Cc1ccc(-n2ncc3c(Nc4cccc(C(F)(F)F)c4)ncnc32)cc1. The molecule has 8 heteroatoms. The van der Waals surface area contributed by atoms with E-state index in [9.17, 15) is 13.2 Å². The van der Waals surface area contributed by atoms with Crippen LogP contribution in [0.5, 0.6) is 0 Å². The third-order valence-electron chi connectivity index (χ3n) is 4.10. The highest BCUT2D eigenvalue weighted by Gasteiger charge is 2.30. The number of aromatic nitrogens is 4. The van der Waals surface area contributed by atoms with Crippen molar-refractivity contribution in [2.24, 2.45) is 0 Å². The summed E-state index contributed by atoms with van der Waals surface area (Å²) in [6.45, 7) is 1.99. The summed E-state index contributed by atoms with van der Waals surface area (Å²) in [7, 11) is 0. The van der Waals surface area contributed by atoms with Crippen LogP contribution in [0.15, 0.2) is 61.1 Å². The van der Waals surface area contributed by atoms with Crippen molar-refractivity contribution in [1.29, 1.82) is 0 Å². The second-order valence-electron chi connectivity index (χ2n) is 6.06. The second kappa shape index (κ2) is 6.39. The fourth-order valence-electron chi connectivity index (χ4n) is 2.73. The molecule has 4 aromatic rings. The van der Waals surface area contributed by atoms with Crippen molar-refractivity contribution < 1.29 is 13.2 Å². The third-order valence-corrected chi connectivity index (χ3v) is 4.10. The van der Waals surface area contributed by atoms with E-state index in [1.54, 1.807) is 16.9 Å². The van der Waals surface area contributed by atoms with Crippen molar-refractivity contribution >= 4 is 22.5 Å². The van der Waals surface area contributed by atoms with E-state index in [1.165, 1.54) is 12.4 Å². The zero-order chi connectivity index (χ0) is 19.0. The minimum absolute atomic E-state index is 0.285.